The molecular formula is C14H15N3S. The van der Waals surface area contributed by atoms with Gasteiger partial charge in [-0.15, -0.1) is 11.8 Å². The molecule has 3 N–H and O–H groups in total. The number of hydrogen-bond acceptors (Lipinski definition) is 3. The number of nitrogens with one attached hydrogen (secondary N) is 1. The Labute approximate surface area is 111 Å². The van der Waals surface area contributed by atoms with Crippen molar-refractivity contribution in [2.45, 2.75) is 17.7 Å². The van der Waals surface area contributed by atoms with Crippen LogP contribution in [0.4, 0.5) is 0 Å². The van der Waals surface area contributed by atoms with Gasteiger partial charge in [0.05, 0.1) is 5.56 Å². The van der Waals surface area contributed by atoms with Crippen LogP contribution in [0.2, 0.25) is 0 Å². The van der Waals surface area contributed by atoms with E-state index in [-0.39, 0.29) is 5.84 Å². The number of hydrogen-bond donors (Lipinski definition) is 2. The predicted octanol–water partition coefficient (Wildman–Crippen LogP) is 2.97. The maximum Gasteiger partial charge on any atom is 0.125 e. The van der Waals surface area contributed by atoms with E-state index in [0.717, 1.165) is 21.9 Å². The van der Waals surface area contributed by atoms with Crippen LogP contribution in [0.15, 0.2) is 47.6 Å². The highest BCUT2D eigenvalue weighted by Crippen LogP contribution is 2.25. The van der Waals surface area contributed by atoms with Crippen molar-refractivity contribution in [3.05, 3.63) is 59.3 Å². The molecule has 18 heavy (non-hydrogen) atoms. The molecule has 0 unspecified atom stereocenters. The molecule has 2 aromatic rings. The van der Waals surface area contributed by atoms with Crippen molar-refractivity contribution in [3.63, 3.8) is 0 Å². The van der Waals surface area contributed by atoms with Gasteiger partial charge in [-0.25, -0.2) is 4.98 Å². The quantitative estimate of drug-likeness (QED) is 0.503. The molecule has 0 aliphatic heterocycles. The lowest BCUT2D eigenvalue weighted by molar-refractivity contribution is 1.09. The molecule has 0 atom stereocenters. The topological polar surface area (TPSA) is 62.8 Å². The van der Waals surface area contributed by atoms with Crippen LogP contribution in [-0.2, 0) is 5.75 Å². The Morgan fingerprint density at radius 2 is 2.00 bits per heavy atom. The average Bonchev–Trinajstić information content (AvgIpc) is 2.37. The van der Waals surface area contributed by atoms with E-state index >= 15 is 0 Å². The molecule has 0 bridgehead atoms. The molecule has 1 aromatic carbocycles. The Morgan fingerprint density at radius 1 is 1.28 bits per heavy atom. The van der Waals surface area contributed by atoms with Crippen LogP contribution in [0.5, 0.6) is 0 Å². The first kappa shape index (κ1) is 12.6. The van der Waals surface area contributed by atoms with E-state index in [0.29, 0.717) is 0 Å². The van der Waals surface area contributed by atoms with Gasteiger partial charge >= 0.3 is 0 Å². The van der Waals surface area contributed by atoms with E-state index in [1.165, 1.54) is 5.56 Å². The minimum atomic E-state index is 0.0798. The first-order valence-corrected chi connectivity index (χ1v) is 6.64. The molecule has 0 spiro atoms. The number of pyridine rings is 1. The highest BCUT2D eigenvalue weighted by Gasteiger charge is 2.10. The standard InChI is InChI=1S/C14H15N3S/c1-10-7-8-17-14(12(10)13(15)16)18-9-11-5-3-2-4-6-11/h2-8H,9H2,1H3,(H3,15,16). The summed E-state index contributed by atoms with van der Waals surface area (Å²) in [6, 6.07) is 12.1. The highest BCUT2D eigenvalue weighted by atomic mass is 32.2. The molecule has 1 aromatic heterocycles. The predicted molar refractivity (Wildman–Crippen MR) is 76.0 cm³/mol. The van der Waals surface area contributed by atoms with Crippen molar-refractivity contribution in [2.75, 3.05) is 0 Å². The summed E-state index contributed by atoms with van der Waals surface area (Å²) < 4.78 is 0. The highest BCUT2D eigenvalue weighted by molar-refractivity contribution is 7.98. The van der Waals surface area contributed by atoms with Gasteiger partial charge in [0, 0.05) is 11.9 Å². The smallest absolute Gasteiger partial charge is 0.125 e. The Hall–Kier alpha value is -1.81. The van der Waals surface area contributed by atoms with Crippen LogP contribution < -0.4 is 5.73 Å². The Bertz CT molecular complexity index is 552. The summed E-state index contributed by atoms with van der Waals surface area (Å²) in [4.78, 5) is 4.32. The molecule has 0 fully saturated rings. The lowest BCUT2D eigenvalue weighted by atomic mass is 10.1. The van der Waals surface area contributed by atoms with Gasteiger partial charge in [0.25, 0.3) is 0 Å². The number of nitrogens with zero attached hydrogens (tertiary/aromatic N) is 1. The monoisotopic (exact) mass is 257 g/mol. The third kappa shape index (κ3) is 2.90. The zero-order valence-corrected chi connectivity index (χ0v) is 11.0. The second kappa shape index (κ2) is 5.69. The number of nitrogen functional groups attached to an aromatic ring is 1. The van der Waals surface area contributed by atoms with Crippen LogP contribution in [0.25, 0.3) is 0 Å². The molecule has 2 rings (SSSR count). The van der Waals surface area contributed by atoms with E-state index in [2.05, 4.69) is 17.1 Å². The summed E-state index contributed by atoms with van der Waals surface area (Å²) in [5.41, 5.74) is 8.59. The lowest BCUT2D eigenvalue weighted by Gasteiger charge is -2.09. The molecule has 3 nitrogen and oxygen atoms in total. The fraction of sp³-hybridized carbons (Fsp3) is 0.143. The SMILES string of the molecule is Cc1ccnc(SCc2ccccc2)c1C(=N)N. The molecule has 0 radical (unpaired) electrons. The van der Waals surface area contributed by atoms with Crippen molar-refractivity contribution in [2.24, 2.45) is 5.73 Å². The molecule has 0 saturated heterocycles. The molecule has 0 saturated carbocycles. The second-order valence-electron chi connectivity index (χ2n) is 4.00. The van der Waals surface area contributed by atoms with Gasteiger partial charge in [-0.3, -0.25) is 5.41 Å². The lowest BCUT2D eigenvalue weighted by Crippen LogP contribution is -2.14. The fourth-order valence-electron chi connectivity index (χ4n) is 1.70. The maximum absolute atomic E-state index is 7.62. The number of rotatable bonds is 4. The summed E-state index contributed by atoms with van der Waals surface area (Å²) in [5, 5.41) is 8.45. The molecule has 1 heterocycles. The molecule has 4 heteroatoms. The van der Waals surface area contributed by atoms with Crippen LogP contribution in [-0.4, -0.2) is 10.8 Å². The van der Waals surface area contributed by atoms with Crippen molar-refractivity contribution in [3.8, 4) is 0 Å². The number of amidine groups is 1. The number of nitrogens with two attached hydrogens (primary N) is 1. The van der Waals surface area contributed by atoms with Crippen molar-refractivity contribution >= 4 is 17.6 Å². The largest absolute Gasteiger partial charge is 0.384 e. The van der Waals surface area contributed by atoms with Crippen molar-refractivity contribution in [1.82, 2.24) is 4.98 Å². The molecular weight excluding hydrogens is 242 g/mol. The first-order valence-electron chi connectivity index (χ1n) is 5.65. The van der Waals surface area contributed by atoms with Crippen molar-refractivity contribution in [1.29, 1.82) is 5.41 Å². The summed E-state index contributed by atoms with van der Waals surface area (Å²) in [6.07, 6.45) is 1.76. The van der Waals surface area contributed by atoms with E-state index in [4.69, 9.17) is 11.1 Å². The van der Waals surface area contributed by atoms with Gasteiger partial charge in [-0.05, 0) is 24.1 Å². The third-order valence-corrected chi connectivity index (χ3v) is 3.67. The normalized spacial score (nSPS) is 10.3. The number of aryl methyl sites for hydroxylation is 1. The number of thioether (sulfide) groups is 1. The van der Waals surface area contributed by atoms with E-state index in [1.807, 2.05) is 31.2 Å². The van der Waals surface area contributed by atoms with Crippen molar-refractivity contribution < 1.29 is 0 Å². The van der Waals surface area contributed by atoms with Crippen LogP contribution in [0.1, 0.15) is 16.7 Å². The van der Waals surface area contributed by atoms with E-state index < -0.39 is 0 Å². The first-order chi connectivity index (χ1) is 8.68. The van der Waals surface area contributed by atoms with Gasteiger partial charge in [0.15, 0.2) is 0 Å². The zero-order valence-electron chi connectivity index (χ0n) is 10.2. The summed E-state index contributed by atoms with van der Waals surface area (Å²) in [6.45, 7) is 1.95. The Balaban J connectivity index is 2.20. The van der Waals surface area contributed by atoms with E-state index in [9.17, 15) is 0 Å². The molecule has 0 aliphatic rings. The zero-order chi connectivity index (χ0) is 13.0. The Morgan fingerprint density at radius 3 is 2.67 bits per heavy atom. The fourth-order valence-corrected chi connectivity index (χ4v) is 2.74. The summed E-state index contributed by atoms with van der Waals surface area (Å²) in [7, 11) is 0. The van der Waals surface area contributed by atoms with Gasteiger partial charge in [0.2, 0.25) is 0 Å². The minimum absolute atomic E-state index is 0.0798. The van der Waals surface area contributed by atoms with Crippen LogP contribution >= 0.6 is 11.8 Å². The van der Waals surface area contributed by atoms with Crippen LogP contribution in [0, 0.1) is 12.3 Å². The van der Waals surface area contributed by atoms with Gasteiger partial charge in [-0.2, -0.15) is 0 Å². The van der Waals surface area contributed by atoms with Gasteiger partial charge in [0.1, 0.15) is 10.9 Å². The van der Waals surface area contributed by atoms with Gasteiger partial charge in [-0.1, -0.05) is 30.3 Å². The minimum Gasteiger partial charge on any atom is -0.384 e. The van der Waals surface area contributed by atoms with E-state index in [1.54, 1.807) is 18.0 Å². The number of aromatic nitrogens is 1. The Kier molecular flexibility index (Phi) is 3.99. The molecule has 0 amide bonds. The average molecular weight is 257 g/mol. The maximum atomic E-state index is 7.62. The second-order valence-corrected chi connectivity index (χ2v) is 4.96. The van der Waals surface area contributed by atoms with Gasteiger partial charge < -0.3 is 5.73 Å². The van der Waals surface area contributed by atoms with Crippen LogP contribution in [0.3, 0.4) is 0 Å². The molecule has 0 aliphatic carbocycles. The number of benzene rings is 1. The summed E-state index contributed by atoms with van der Waals surface area (Å²) in [5.74, 6) is 0.911. The summed E-state index contributed by atoms with van der Waals surface area (Å²) >= 11 is 1.61. The third-order valence-electron chi connectivity index (χ3n) is 2.61. The molecule has 92 valence electrons.